The lowest BCUT2D eigenvalue weighted by Crippen LogP contribution is -2.41. The van der Waals surface area contributed by atoms with E-state index in [1.807, 2.05) is 24.3 Å². The zero-order valence-electron chi connectivity index (χ0n) is 11.5. The van der Waals surface area contributed by atoms with E-state index in [-0.39, 0.29) is 5.91 Å². The quantitative estimate of drug-likeness (QED) is 0.744. The number of carbonyl (C=O) groups excluding carboxylic acids is 1. The molecule has 2 aromatic heterocycles. The summed E-state index contributed by atoms with van der Waals surface area (Å²) in [5.74, 6) is -0.0227. The first kappa shape index (κ1) is 12.3. The minimum atomic E-state index is -0.0227. The zero-order chi connectivity index (χ0) is 14.2. The molecule has 1 amide bonds. The zero-order valence-corrected chi connectivity index (χ0v) is 11.5. The number of amides is 1. The minimum Gasteiger partial charge on any atom is -0.378 e. The number of nitrogens with zero attached hydrogens (tertiary/aromatic N) is 2. The molecule has 5 heteroatoms. The Balaban J connectivity index is 1.78. The third kappa shape index (κ3) is 2.06. The molecule has 0 atom stereocenters. The van der Waals surface area contributed by atoms with Crippen LogP contribution in [-0.2, 0) is 4.74 Å². The molecule has 106 valence electrons. The standard InChI is InChI=1S/C16H15N3O2/c20-16(19-5-7-21-8-6-19)14-9-12-11-3-1-2-4-13(11)18-15(12)10-17-14/h1-4,9-10,18H,5-8H2. The van der Waals surface area contributed by atoms with Gasteiger partial charge in [-0.25, -0.2) is 4.98 Å². The van der Waals surface area contributed by atoms with Crippen LogP contribution in [0.15, 0.2) is 36.5 Å². The summed E-state index contributed by atoms with van der Waals surface area (Å²) in [6, 6.07) is 9.95. The van der Waals surface area contributed by atoms with Gasteiger partial charge in [-0.15, -0.1) is 0 Å². The number of para-hydroxylation sites is 1. The Kier molecular flexibility index (Phi) is 2.86. The van der Waals surface area contributed by atoms with Crippen LogP contribution >= 0.6 is 0 Å². The van der Waals surface area contributed by atoms with Crippen molar-refractivity contribution in [2.24, 2.45) is 0 Å². The number of benzene rings is 1. The normalized spacial score (nSPS) is 15.7. The average molecular weight is 281 g/mol. The number of nitrogens with one attached hydrogen (secondary N) is 1. The van der Waals surface area contributed by atoms with Crippen molar-refractivity contribution in [3.63, 3.8) is 0 Å². The van der Waals surface area contributed by atoms with Crippen LogP contribution in [0, 0.1) is 0 Å². The molecule has 0 radical (unpaired) electrons. The average Bonchev–Trinajstić information content (AvgIpc) is 2.93. The number of ether oxygens (including phenoxy) is 1. The van der Waals surface area contributed by atoms with E-state index >= 15 is 0 Å². The molecule has 1 aliphatic heterocycles. The van der Waals surface area contributed by atoms with Gasteiger partial charge in [-0.3, -0.25) is 4.79 Å². The monoisotopic (exact) mass is 281 g/mol. The lowest BCUT2D eigenvalue weighted by molar-refractivity contribution is 0.0299. The van der Waals surface area contributed by atoms with Gasteiger partial charge in [0.25, 0.3) is 5.91 Å². The van der Waals surface area contributed by atoms with Crippen molar-refractivity contribution in [2.45, 2.75) is 0 Å². The molecule has 3 heterocycles. The summed E-state index contributed by atoms with van der Waals surface area (Å²) in [5, 5.41) is 2.16. The van der Waals surface area contributed by atoms with Crippen molar-refractivity contribution in [3.05, 3.63) is 42.2 Å². The van der Waals surface area contributed by atoms with Crippen LogP contribution in [0.25, 0.3) is 21.8 Å². The van der Waals surface area contributed by atoms with E-state index < -0.39 is 0 Å². The van der Waals surface area contributed by atoms with Gasteiger partial charge in [0.15, 0.2) is 0 Å². The lowest BCUT2D eigenvalue weighted by atomic mass is 10.1. The molecule has 1 saturated heterocycles. The van der Waals surface area contributed by atoms with Gasteiger partial charge < -0.3 is 14.6 Å². The fraction of sp³-hybridized carbons (Fsp3) is 0.250. The third-order valence-electron chi connectivity index (χ3n) is 3.91. The molecule has 1 aliphatic rings. The Morgan fingerprint density at radius 2 is 1.95 bits per heavy atom. The number of aromatic amines is 1. The number of morpholine rings is 1. The molecule has 1 N–H and O–H groups in total. The van der Waals surface area contributed by atoms with E-state index in [1.165, 1.54) is 0 Å². The van der Waals surface area contributed by atoms with Gasteiger partial charge >= 0.3 is 0 Å². The fourth-order valence-corrected chi connectivity index (χ4v) is 2.80. The fourth-order valence-electron chi connectivity index (χ4n) is 2.80. The SMILES string of the molecule is O=C(c1cc2c(cn1)[nH]c1ccccc12)N1CCOCC1. The Hall–Kier alpha value is -2.40. The van der Waals surface area contributed by atoms with E-state index in [0.717, 1.165) is 21.8 Å². The van der Waals surface area contributed by atoms with Gasteiger partial charge in [-0.2, -0.15) is 0 Å². The highest BCUT2D eigenvalue weighted by Crippen LogP contribution is 2.25. The summed E-state index contributed by atoms with van der Waals surface area (Å²) in [6.07, 6.45) is 1.74. The topological polar surface area (TPSA) is 58.2 Å². The first-order valence-electron chi connectivity index (χ1n) is 7.06. The van der Waals surface area contributed by atoms with E-state index in [9.17, 15) is 4.79 Å². The first-order valence-corrected chi connectivity index (χ1v) is 7.06. The summed E-state index contributed by atoms with van der Waals surface area (Å²) < 4.78 is 5.28. The molecule has 5 nitrogen and oxygen atoms in total. The number of carbonyl (C=O) groups is 1. The van der Waals surface area contributed by atoms with Gasteiger partial charge in [-0.05, 0) is 12.1 Å². The largest absolute Gasteiger partial charge is 0.378 e. The summed E-state index contributed by atoms with van der Waals surface area (Å²) in [6.45, 7) is 2.46. The molecule has 4 rings (SSSR count). The van der Waals surface area contributed by atoms with Crippen molar-refractivity contribution in [2.75, 3.05) is 26.3 Å². The second kappa shape index (κ2) is 4.86. The van der Waals surface area contributed by atoms with Gasteiger partial charge in [0, 0.05) is 29.4 Å². The van der Waals surface area contributed by atoms with Crippen molar-refractivity contribution in [1.82, 2.24) is 14.9 Å². The van der Waals surface area contributed by atoms with Gasteiger partial charge in [-0.1, -0.05) is 18.2 Å². The number of H-pyrrole nitrogens is 1. The predicted molar refractivity (Wildman–Crippen MR) is 80.3 cm³/mol. The van der Waals surface area contributed by atoms with Gasteiger partial charge in [0.2, 0.25) is 0 Å². The van der Waals surface area contributed by atoms with Crippen LogP contribution in [0.4, 0.5) is 0 Å². The Morgan fingerprint density at radius 1 is 1.14 bits per heavy atom. The van der Waals surface area contributed by atoms with Crippen LogP contribution in [0.2, 0.25) is 0 Å². The summed E-state index contributed by atoms with van der Waals surface area (Å²) >= 11 is 0. The number of hydrogen-bond acceptors (Lipinski definition) is 3. The molecule has 21 heavy (non-hydrogen) atoms. The maximum absolute atomic E-state index is 12.5. The highest BCUT2D eigenvalue weighted by Gasteiger charge is 2.20. The number of pyridine rings is 1. The number of fused-ring (bicyclic) bond motifs is 3. The molecule has 0 aliphatic carbocycles. The molecule has 0 bridgehead atoms. The molecule has 0 saturated carbocycles. The second-order valence-electron chi connectivity index (χ2n) is 5.19. The van der Waals surface area contributed by atoms with Crippen LogP contribution in [0.5, 0.6) is 0 Å². The molecule has 0 unspecified atom stereocenters. The van der Waals surface area contributed by atoms with Crippen LogP contribution in [0.3, 0.4) is 0 Å². The molecular formula is C16H15N3O2. The number of aromatic nitrogens is 2. The van der Waals surface area contributed by atoms with E-state index in [4.69, 9.17) is 4.74 Å². The Bertz CT molecular complexity index is 819. The summed E-state index contributed by atoms with van der Waals surface area (Å²) in [7, 11) is 0. The lowest BCUT2D eigenvalue weighted by Gasteiger charge is -2.26. The second-order valence-corrected chi connectivity index (χ2v) is 5.19. The predicted octanol–water partition coefficient (Wildman–Crippen LogP) is 2.19. The molecule has 1 aromatic carbocycles. The minimum absolute atomic E-state index is 0.0227. The molecule has 3 aromatic rings. The highest BCUT2D eigenvalue weighted by molar-refractivity contribution is 6.09. The number of rotatable bonds is 1. The van der Waals surface area contributed by atoms with Crippen molar-refractivity contribution >= 4 is 27.7 Å². The van der Waals surface area contributed by atoms with Gasteiger partial charge in [0.05, 0.1) is 24.9 Å². The van der Waals surface area contributed by atoms with Crippen molar-refractivity contribution in [3.8, 4) is 0 Å². The van der Waals surface area contributed by atoms with Crippen LogP contribution < -0.4 is 0 Å². The van der Waals surface area contributed by atoms with Crippen molar-refractivity contribution in [1.29, 1.82) is 0 Å². The molecule has 1 fully saturated rings. The third-order valence-corrected chi connectivity index (χ3v) is 3.91. The smallest absolute Gasteiger partial charge is 0.272 e. The van der Waals surface area contributed by atoms with Crippen LogP contribution in [0.1, 0.15) is 10.5 Å². The number of hydrogen-bond donors (Lipinski definition) is 1. The molecule has 0 spiro atoms. The van der Waals surface area contributed by atoms with Crippen molar-refractivity contribution < 1.29 is 9.53 Å². The summed E-state index contributed by atoms with van der Waals surface area (Å²) in [4.78, 5) is 21.9. The first-order chi connectivity index (χ1) is 10.3. The van der Waals surface area contributed by atoms with Crippen LogP contribution in [-0.4, -0.2) is 47.1 Å². The Labute approximate surface area is 121 Å². The maximum atomic E-state index is 12.5. The summed E-state index contributed by atoms with van der Waals surface area (Å²) in [5.41, 5.74) is 2.51. The highest BCUT2D eigenvalue weighted by atomic mass is 16.5. The van der Waals surface area contributed by atoms with E-state index in [0.29, 0.717) is 32.0 Å². The Morgan fingerprint density at radius 3 is 2.81 bits per heavy atom. The van der Waals surface area contributed by atoms with E-state index in [2.05, 4.69) is 16.0 Å². The van der Waals surface area contributed by atoms with Gasteiger partial charge in [0.1, 0.15) is 5.69 Å². The molecular weight excluding hydrogens is 266 g/mol. The maximum Gasteiger partial charge on any atom is 0.272 e. The van der Waals surface area contributed by atoms with E-state index in [1.54, 1.807) is 11.1 Å².